The number of hydrogen-bond acceptors (Lipinski definition) is 13. The lowest BCUT2D eigenvalue weighted by Crippen LogP contribution is -2.49. The van der Waals surface area contributed by atoms with E-state index in [4.69, 9.17) is 29.5 Å². The first-order valence-electron chi connectivity index (χ1n) is 10.5. The van der Waals surface area contributed by atoms with Crippen LogP contribution in [0, 0.1) is 11.8 Å². The van der Waals surface area contributed by atoms with Crippen LogP contribution in [0.1, 0.15) is 33.9 Å². The topological polar surface area (TPSA) is 187 Å². The molecule has 0 bridgehead atoms. The first-order chi connectivity index (χ1) is 16.0. The van der Waals surface area contributed by atoms with Gasteiger partial charge in [0.25, 0.3) is 0 Å². The highest BCUT2D eigenvalue weighted by Crippen LogP contribution is 2.35. The number of carbonyl (C=O) groups excluding carboxylic acids is 4. The van der Waals surface area contributed by atoms with E-state index in [0.717, 1.165) is 4.57 Å². The lowest BCUT2D eigenvalue weighted by atomic mass is 10.1. The van der Waals surface area contributed by atoms with Gasteiger partial charge in [-0.1, -0.05) is 27.7 Å². The number of rotatable bonds is 8. The molecule has 5 atom stereocenters. The molecule has 14 heteroatoms. The van der Waals surface area contributed by atoms with E-state index in [9.17, 15) is 24.0 Å². The molecule has 34 heavy (non-hydrogen) atoms. The van der Waals surface area contributed by atoms with Gasteiger partial charge < -0.3 is 29.5 Å². The van der Waals surface area contributed by atoms with Crippen molar-refractivity contribution in [2.75, 3.05) is 12.1 Å². The molecule has 0 aliphatic carbocycles. The summed E-state index contributed by atoms with van der Waals surface area (Å²) in [6.07, 6.45) is -3.28. The van der Waals surface area contributed by atoms with Crippen molar-refractivity contribution in [1.29, 1.82) is 0 Å². The van der Waals surface area contributed by atoms with Gasteiger partial charge >= 0.3 is 29.6 Å². The van der Waals surface area contributed by atoms with Crippen molar-refractivity contribution in [3.63, 3.8) is 0 Å². The fourth-order valence-electron chi connectivity index (χ4n) is 3.11. The largest absolute Gasteiger partial charge is 0.463 e. The molecule has 3 N–H and O–H groups in total. The quantitative estimate of drug-likeness (QED) is 0.199. The Morgan fingerprint density at radius 3 is 2.35 bits per heavy atom. The lowest BCUT2D eigenvalue weighted by Gasteiger charge is -2.28. The number of nitrogens with one attached hydrogen (secondary N) is 1. The van der Waals surface area contributed by atoms with E-state index in [1.165, 1.54) is 12.3 Å². The van der Waals surface area contributed by atoms with Gasteiger partial charge in [0.15, 0.2) is 24.3 Å². The van der Waals surface area contributed by atoms with Crippen molar-refractivity contribution in [3.8, 4) is 0 Å². The Hall–Kier alpha value is -3.52. The average Bonchev–Trinajstić information content (AvgIpc) is 3.12. The van der Waals surface area contributed by atoms with E-state index in [1.807, 2.05) is 0 Å². The molecule has 0 spiro atoms. The Morgan fingerprint density at radius 2 is 1.76 bits per heavy atom. The van der Waals surface area contributed by atoms with E-state index in [0.29, 0.717) is 0 Å². The van der Waals surface area contributed by atoms with Crippen LogP contribution in [0.2, 0.25) is 0 Å². The maximum absolute atomic E-state index is 12.6. The van der Waals surface area contributed by atoms with Crippen molar-refractivity contribution in [2.24, 2.45) is 17.6 Å². The van der Waals surface area contributed by atoms with Gasteiger partial charge in [-0.05, 0) is 5.92 Å². The molecule has 2 fully saturated rings. The van der Waals surface area contributed by atoms with Gasteiger partial charge in [0.1, 0.15) is 18.8 Å². The summed E-state index contributed by atoms with van der Waals surface area (Å²) in [4.78, 5) is 68.4. The van der Waals surface area contributed by atoms with Crippen LogP contribution in [-0.2, 0) is 43.0 Å². The highest BCUT2D eigenvalue weighted by Gasteiger charge is 2.55. The zero-order chi connectivity index (χ0) is 25.2. The predicted molar refractivity (Wildman–Crippen MR) is 110 cm³/mol. The van der Waals surface area contributed by atoms with Crippen molar-refractivity contribution in [1.82, 2.24) is 9.55 Å². The van der Waals surface area contributed by atoms with E-state index in [1.54, 1.807) is 27.7 Å². The van der Waals surface area contributed by atoms with Gasteiger partial charge in [0, 0.05) is 12.3 Å². The molecule has 0 radical (unpaired) electrons. The number of carbonyl (C=O) groups is 4. The molecule has 1 aromatic heterocycles. The summed E-state index contributed by atoms with van der Waals surface area (Å²) in [6.45, 7) is 6.47. The predicted octanol–water partition coefficient (Wildman–Crippen LogP) is -0.969. The van der Waals surface area contributed by atoms with E-state index in [2.05, 4.69) is 10.5 Å². The fourth-order valence-corrected chi connectivity index (χ4v) is 3.11. The third-order valence-electron chi connectivity index (χ3n) is 5.15. The van der Waals surface area contributed by atoms with Gasteiger partial charge in [-0.25, -0.2) is 24.7 Å². The number of ether oxygens (including phenoxy) is 4. The molecule has 2 unspecified atom stereocenters. The van der Waals surface area contributed by atoms with Crippen LogP contribution < -0.4 is 16.9 Å². The number of hydrogen-bond donors (Lipinski definition) is 2. The second kappa shape index (κ2) is 10.2. The number of nitrogens with two attached hydrogens (primary N) is 1. The minimum Gasteiger partial charge on any atom is -0.463 e. The summed E-state index contributed by atoms with van der Waals surface area (Å²) in [5.41, 5.74) is 7.09. The minimum atomic E-state index is -1.25. The molecule has 2 aliphatic rings. The standard InChI is InChI=1S/C20H26N4O10/c1-8(2)12(21)17(26)34-23-11-5-6-24(20(29)22-11)15-14-13(32-18(27)19(28)33-14)10(31-15)7-30-16(25)9(3)4/h5-6,8-10,12-15H,7,21H2,1-4H3,(H,22,23,29)/t10-,12+,13?,14?,15-/m1/s1. The summed E-state index contributed by atoms with van der Waals surface area (Å²) in [5, 5.41) is 0. The molecule has 0 aromatic carbocycles. The smallest absolute Gasteiger partial charge is 0.418 e. The average molecular weight is 482 g/mol. The molecule has 186 valence electrons. The Balaban J connectivity index is 1.76. The Kier molecular flexibility index (Phi) is 7.51. The summed E-state index contributed by atoms with van der Waals surface area (Å²) in [6, 6.07) is 0.429. The highest BCUT2D eigenvalue weighted by atomic mass is 16.7. The van der Waals surface area contributed by atoms with Crippen LogP contribution in [0.4, 0.5) is 5.82 Å². The third-order valence-corrected chi connectivity index (χ3v) is 5.15. The number of aromatic nitrogens is 2. The Morgan fingerprint density at radius 1 is 1.12 bits per heavy atom. The number of esters is 3. The van der Waals surface area contributed by atoms with Crippen LogP contribution in [-0.4, -0.2) is 64.4 Å². The zero-order valence-electron chi connectivity index (χ0n) is 19.0. The third kappa shape index (κ3) is 5.34. The molecule has 0 amide bonds. The lowest BCUT2D eigenvalue weighted by molar-refractivity contribution is -0.195. The zero-order valence-corrected chi connectivity index (χ0v) is 19.0. The highest BCUT2D eigenvalue weighted by molar-refractivity contribution is 6.30. The summed E-state index contributed by atoms with van der Waals surface area (Å²) >= 11 is 0. The number of nitrogens with zero attached hydrogens (tertiary/aromatic N) is 2. The Bertz CT molecular complexity index is 1020. The van der Waals surface area contributed by atoms with Gasteiger partial charge in [-0.2, -0.15) is 4.98 Å². The molecule has 2 aliphatic heterocycles. The van der Waals surface area contributed by atoms with E-state index < -0.39 is 66.1 Å². The van der Waals surface area contributed by atoms with Crippen molar-refractivity contribution < 1.29 is 43.0 Å². The molecule has 3 heterocycles. The second-order valence-corrected chi connectivity index (χ2v) is 8.39. The molecule has 3 rings (SSSR count). The van der Waals surface area contributed by atoms with Crippen molar-refractivity contribution in [2.45, 2.75) is 58.3 Å². The molecular formula is C20H26N4O10. The van der Waals surface area contributed by atoms with Crippen molar-refractivity contribution in [3.05, 3.63) is 22.7 Å². The monoisotopic (exact) mass is 482 g/mol. The SMILES string of the molecule is CC(C)C(=O)OC[C@H]1O[C@@H](n2ccc(NOC(=O)[C@@H](N)C(C)C)nc2=O)C2OC(=O)C(=O)OC21. The van der Waals surface area contributed by atoms with Crippen molar-refractivity contribution >= 4 is 29.7 Å². The first kappa shape index (κ1) is 25.1. The van der Waals surface area contributed by atoms with Crippen LogP contribution in [0.15, 0.2) is 17.1 Å². The summed E-state index contributed by atoms with van der Waals surface area (Å²) in [5.74, 6) is -4.38. The fraction of sp³-hybridized carbons (Fsp3) is 0.600. The van der Waals surface area contributed by atoms with Gasteiger partial charge in [-0.15, -0.1) is 0 Å². The first-order valence-corrected chi connectivity index (χ1v) is 10.5. The molecule has 14 nitrogen and oxygen atoms in total. The maximum Gasteiger partial charge on any atom is 0.418 e. The van der Waals surface area contributed by atoms with Gasteiger partial charge in [-0.3, -0.25) is 9.36 Å². The molecule has 0 saturated carbocycles. The normalized spacial score (nSPS) is 24.8. The van der Waals surface area contributed by atoms with Crippen LogP contribution in [0.3, 0.4) is 0 Å². The van der Waals surface area contributed by atoms with Crippen LogP contribution in [0.5, 0.6) is 0 Å². The molecule has 2 saturated heterocycles. The summed E-state index contributed by atoms with van der Waals surface area (Å²) < 4.78 is 22.1. The van der Waals surface area contributed by atoms with Gasteiger partial charge in [0.05, 0.1) is 5.92 Å². The molecular weight excluding hydrogens is 456 g/mol. The van der Waals surface area contributed by atoms with Crippen LogP contribution >= 0.6 is 0 Å². The number of anilines is 1. The van der Waals surface area contributed by atoms with Gasteiger partial charge in [0.2, 0.25) is 0 Å². The second-order valence-electron chi connectivity index (χ2n) is 8.39. The maximum atomic E-state index is 12.6. The minimum absolute atomic E-state index is 0.0883. The van der Waals surface area contributed by atoms with Crippen LogP contribution in [0.25, 0.3) is 0 Å². The summed E-state index contributed by atoms with van der Waals surface area (Å²) in [7, 11) is 0. The number of fused-ring (bicyclic) bond motifs is 1. The Labute approximate surface area is 193 Å². The molecule has 1 aromatic rings. The van der Waals surface area contributed by atoms with E-state index >= 15 is 0 Å². The van der Waals surface area contributed by atoms with E-state index in [-0.39, 0.29) is 18.3 Å².